The number of halogens is 1. The van der Waals surface area contributed by atoms with Crippen LogP contribution in [0.1, 0.15) is 25.1 Å². The number of rotatable bonds is 7. The molecule has 2 atom stereocenters. The first-order valence-corrected chi connectivity index (χ1v) is 8.86. The van der Waals surface area contributed by atoms with E-state index in [1.54, 1.807) is 18.2 Å². The van der Waals surface area contributed by atoms with E-state index in [2.05, 4.69) is 5.32 Å². The molecule has 4 nitrogen and oxygen atoms in total. The maximum Gasteiger partial charge on any atom is 0.244 e. The molecule has 2 unspecified atom stereocenters. The molecule has 0 fully saturated rings. The van der Waals surface area contributed by atoms with Crippen molar-refractivity contribution in [3.63, 3.8) is 0 Å². The Morgan fingerprint density at radius 3 is 2.52 bits per heavy atom. The van der Waals surface area contributed by atoms with Gasteiger partial charge in [0.2, 0.25) is 11.8 Å². The number of carbonyl (C=O) groups is 2. The summed E-state index contributed by atoms with van der Waals surface area (Å²) in [4.78, 5) is 25.3. The highest BCUT2D eigenvalue weighted by atomic mass is 32.1. The Bertz CT molecular complexity index is 768. The normalized spacial score (nSPS) is 13.6. The van der Waals surface area contributed by atoms with Crippen molar-refractivity contribution < 1.29 is 14.0 Å². The van der Waals surface area contributed by atoms with E-state index in [1.165, 1.54) is 29.5 Å². The van der Waals surface area contributed by atoms with E-state index in [0.29, 0.717) is 0 Å². The average Bonchev–Trinajstić information content (AvgIpc) is 3.06. The molecule has 2 amide bonds. The second kappa shape index (κ2) is 8.58. The van der Waals surface area contributed by atoms with Gasteiger partial charge in [-0.15, -0.1) is 11.3 Å². The van der Waals surface area contributed by atoms with Gasteiger partial charge in [0, 0.05) is 15.8 Å². The Kier molecular flexibility index (Phi) is 6.47. The largest absolute Gasteiger partial charge is 0.368 e. The summed E-state index contributed by atoms with van der Waals surface area (Å²) in [5.74, 6) is -1.20. The minimum atomic E-state index is -0.680. The van der Waals surface area contributed by atoms with Crippen LogP contribution in [0.4, 0.5) is 4.39 Å². The summed E-state index contributed by atoms with van der Waals surface area (Å²) in [6.45, 7) is 3.80. The third-order valence-electron chi connectivity index (χ3n) is 3.97. The molecule has 2 aromatic rings. The van der Waals surface area contributed by atoms with E-state index in [-0.39, 0.29) is 17.6 Å². The highest BCUT2D eigenvalue weighted by Crippen LogP contribution is 2.28. The highest BCUT2D eigenvalue weighted by molar-refractivity contribution is 7.16. The lowest BCUT2D eigenvalue weighted by atomic mass is 9.98. The van der Waals surface area contributed by atoms with Crippen LogP contribution in [0.2, 0.25) is 0 Å². The molecule has 0 aliphatic carbocycles. The predicted molar refractivity (Wildman–Crippen MR) is 99.3 cm³/mol. The van der Waals surface area contributed by atoms with Crippen molar-refractivity contribution in [3.05, 3.63) is 53.2 Å². The van der Waals surface area contributed by atoms with E-state index in [4.69, 9.17) is 5.73 Å². The van der Waals surface area contributed by atoms with Crippen LogP contribution >= 0.6 is 11.3 Å². The fourth-order valence-corrected chi connectivity index (χ4v) is 3.22. The van der Waals surface area contributed by atoms with Crippen LogP contribution in [0, 0.1) is 11.7 Å². The summed E-state index contributed by atoms with van der Waals surface area (Å²) in [5.41, 5.74) is 6.26. The molecule has 132 valence electrons. The molecular formula is C19H21FN2O2S. The Morgan fingerprint density at radius 2 is 1.92 bits per heavy atom. The second-order valence-corrected chi connectivity index (χ2v) is 6.93. The molecule has 0 bridgehead atoms. The van der Waals surface area contributed by atoms with Crippen molar-refractivity contribution in [2.45, 2.75) is 26.3 Å². The number of amides is 2. The van der Waals surface area contributed by atoms with Crippen LogP contribution in [-0.2, 0) is 9.59 Å². The van der Waals surface area contributed by atoms with Gasteiger partial charge in [0.1, 0.15) is 11.9 Å². The number of carbonyl (C=O) groups excluding carboxylic acids is 2. The Labute approximate surface area is 150 Å². The third-order valence-corrected chi connectivity index (χ3v) is 5.07. The first-order valence-electron chi connectivity index (χ1n) is 8.04. The number of hydrogen-bond acceptors (Lipinski definition) is 3. The van der Waals surface area contributed by atoms with Crippen molar-refractivity contribution in [2.75, 3.05) is 0 Å². The van der Waals surface area contributed by atoms with Gasteiger partial charge in [-0.3, -0.25) is 9.59 Å². The smallest absolute Gasteiger partial charge is 0.244 e. The molecule has 0 saturated carbocycles. The van der Waals surface area contributed by atoms with Crippen LogP contribution in [-0.4, -0.2) is 17.9 Å². The standard InChI is InChI=1S/C19H21FN2O2S/c1-3-12(2)18(19(21)24)22-17(23)11-9-15-8-10-16(25-15)13-4-6-14(20)7-5-13/h4-12,18H,3H2,1-2H3,(H2,21,24)(H,22,23). The fourth-order valence-electron chi connectivity index (χ4n) is 2.30. The summed E-state index contributed by atoms with van der Waals surface area (Å²) in [6, 6.07) is 9.37. The van der Waals surface area contributed by atoms with Gasteiger partial charge < -0.3 is 11.1 Å². The summed E-state index contributed by atoms with van der Waals surface area (Å²) in [7, 11) is 0. The lowest BCUT2D eigenvalue weighted by Gasteiger charge is -2.20. The fraction of sp³-hybridized carbons (Fsp3) is 0.263. The molecule has 1 heterocycles. The topological polar surface area (TPSA) is 72.2 Å². The quantitative estimate of drug-likeness (QED) is 0.741. The van der Waals surface area contributed by atoms with Crippen LogP contribution in [0.15, 0.2) is 42.5 Å². The Morgan fingerprint density at radius 1 is 1.24 bits per heavy atom. The van der Waals surface area contributed by atoms with Gasteiger partial charge in [-0.05, 0) is 41.8 Å². The number of benzene rings is 1. The molecule has 0 aliphatic heterocycles. The zero-order valence-electron chi connectivity index (χ0n) is 14.2. The van der Waals surface area contributed by atoms with Crippen LogP contribution < -0.4 is 11.1 Å². The van der Waals surface area contributed by atoms with Gasteiger partial charge in [0.25, 0.3) is 0 Å². The lowest BCUT2D eigenvalue weighted by molar-refractivity contribution is -0.126. The molecule has 0 saturated heterocycles. The van der Waals surface area contributed by atoms with Gasteiger partial charge in [-0.25, -0.2) is 4.39 Å². The summed E-state index contributed by atoms with van der Waals surface area (Å²) < 4.78 is 13.0. The molecule has 1 aromatic carbocycles. The molecule has 6 heteroatoms. The maximum absolute atomic E-state index is 13.0. The molecular weight excluding hydrogens is 339 g/mol. The third kappa shape index (κ3) is 5.26. The Balaban J connectivity index is 2.03. The van der Waals surface area contributed by atoms with E-state index in [1.807, 2.05) is 26.0 Å². The summed E-state index contributed by atoms with van der Waals surface area (Å²) in [5, 5.41) is 2.64. The Hall–Kier alpha value is -2.47. The first-order chi connectivity index (χ1) is 11.9. The van der Waals surface area contributed by atoms with Gasteiger partial charge in [-0.1, -0.05) is 32.4 Å². The minimum absolute atomic E-state index is 0.0262. The van der Waals surface area contributed by atoms with Gasteiger partial charge >= 0.3 is 0 Å². The van der Waals surface area contributed by atoms with Crippen molar-refractivity contribution in [1.29, 1.82) is 0 Å². The zero-order chi connectivity index (χ0) is 18.4. The summed E-state index contributed by atoms with van der Waals surface area (Å²) in [6.07, 6.45) is 3.81. The molecule has 1 aromatic heterocycles. The van der Waals surface area contributed by atoms with E-state index >= 15 is 0 Å². The number of thiophene rings is 1. The monoisotopic (exact) mass is 360 g/mol. The summed E-state index contributed by atoms with van der Waals surface area (Å²) >= 11 is 1.49. The second-order valence-electron chi connectivity index (χ2n) is 5.82. The number of nitrogens with two attached hydrogens (primary N) is 1. The van der Waals surface area contributed by atoms with Gasteiger partial charge in [0.15, 0.2) is 0 Å². The van der Waals surface area contributed by atoms with Crippen LogP contribution in [0.25, 0.3) is 16.5 Å². The average molecular weight is 360 g/mol. The van der Waals surface area contributed by atoms with Crippen LogP contribution in [0.5, 0.6) is 0 Å². The minimum Gasteiger partial charge on any atom is -0.368 e. The van der Waals surface area contributed by atoms with E-state index < -0.39 is 11.9 Å². The maximum atomic E-state index is 13.0. The van der Waals surface area contributed by atoms with Crippen molar-refractivity contribution in [2.24, 2.45) is 11.7 Å². The molecule has 2 rings (SSSR count). The van der Waals surface area contributed by atoms with Crippen LogP contribution in [0.3, 0.4) is 0 Å². The van der Waals surface area contributed by atoms with Crippen molar-refractivity contribution in [1.82, 2.24) is 5.32 Å². The predicted octanol–water partition coefficient (Wildman–Crippen LogP) is 3.58. The molecule has 25 heavy (non-hydrogen) atoms. The SMILES string of the molecule is CCC(C)C(NC(=O)C=Cc1ccc(-c2ccc(F)cc2)s1)C(N)=O. The lowest BCUT2D eigenvalue weighted by Crippen LogP contribution is -2.47. The molecule has 0 radical (unpaired) electrons. The molecule has 3 N–H and O–H groups in total. The van der Waals surface area contributed by atoms with Crippen molar-refractivity contribution in [3.8, 4) is 10.4 Å². The molecule has 0 spiro atoms. The van der Waals surface area contributed by atoms with E-state index in [0.717, 1.165) is 21.7 Å². The first kappa shape index (κ1) is 18.9. The van der Waals surface area contributed by atoms with Crippen molar-refractivity contribution >= 4 is 29.2 Å². The molecule has 0 aliphatic rings. The number of nitrogens with one attached hydrogen (secondary N) is 1. The van der Waals surface area contributed by atoms with E-state index in [9.17, 15) is 14.0 Å². The zero-order valence-corrected chi connectivity index (χ0v) is 15.0. The number of primary amides is 1. The number of hydrogen-bond donors (Lipinski definition) is 2. The van der Waals surface area contributed by atoms with Gasteiger partial charge in [0.05, 0.1) is 0 Å². The highest BCUT2D eigenvalue weighted by Gasteiger charge is 2.22. The van der Waals surface area contributed by atoms with Gasteiger partial charge in [-0.2, -0.15) is 0 Å².